The summed E-state index contributed by atoms with van der Waals surface area (Å²) in [4.78, 5) is 11.3. The summed E-state index contributed by atoms with van der Waals surface area (Å²) in [5.41, 5.74) is 3.89. The van der Waals surface area contributed by atoms with Crippen molar-refractivity contribution in [3.63, 3.8) is 0 Å². The van der Waals surface area contributed by atoms with E-state index in [-0.39, 0.29) is 5.82 Å². The number of sulfonamides is 1. The molecule has 1 fully saturated rings. The number of aromatic nitrogens is 4. The topological polar surface area (TPSA) is 84.2 Å². The smallest absolute Gasteiger partial charge is 0.243 e. The number of hydrogen-bond donors (Lipinski definition) is 0. The second-order valence-electron chi connectivity index (χ2n) is 8.59. The number of halogens is 1. The minimum Gasteiger partial charge on any atom is -0.353 e. The van der Waals surface area contributed by atoms with Gasteiger partial charge in [0.25, 0.3) is 0 Å². The van der Waals surface area contributed by atoms with E-state index in [2.05, 4.69) is 20.0 Å². The van der Waals surface area contributed by atoms with Crippen LogP contribution in [0, 0.1) is 26.6 Å². The van der Waals surface area contributed by atoms with E-state index in [4.69, 9.17) is 0 Å². The van der Waals surface area contributed by atoms with Crippen LogP contribution in [0.1, 0.15) is 16.7 Å². The Balaban J connectivity index is 1.40. The Bertz CT molecular complexity index is 1450. The van der Waals surface area contributed by atoms with Gasteiger partial charge in [0.15, 0.2) is 5.65 Å². The second kappa shape index (κ2) is 8.44. The van der Waals surface area contributed by atoms with E-state index in [9.17, 15) is 12.8 Å². The molecule has 10 heteroatoms. The molecule has 0 N–H and O–H groups in total. The van der Waals surface area contributed by atoms with Crippen molar-refractivity contribution in [3.8, 4) is 5.69 Å². The van der Waals surface area contributed by atoms with E-state index in [1.165, 1.54) is 18.5 Å². The van der Waals surface area contributed by atoms with Gasteiger partial charge in [0.1, 0.15) is 18.0 Å². The van der Waals surface area contributed by atoms with Crippen molar-refractivity contribution in [3.05, 3.63) is 71.4 Å². The minimum absolute atomic E-state index is 0.320. The van der Waals surface area contributed by atoms with Gasteiger partial charge in [-0.15, -0.1) is 0 Å². The molecule has 34 heavy (non-hydrogen) atoms. The highest BCUT2D eigenvalue weighted by Gasteiger charge is 2.32. The van der Waals surface area contributed by atoms with Crippen molar-refractivity contribution in [1.29, 1.82) is 0 Å². The van der Waals surface area contributed by atoms with E-state index >= 15 is 0 Å². The fraction of sp³-hybridized carbons (Fsp3) is 0.292. The minimum atomic E-state index is -3.60. The van der Waals surface area contributed by atoms with Crippen molar-refractivity contribution in [2.75, 3.05) is 31.1 Å². The molecule has 0 unspecified atom stereocenters. The highest BCUT2D eigenvalue weighted by Crippen LogP contribution is 2.29. The molecule has 0 amide bonds. The third kappa shape index (κ3) is 3.82. The SMILES string of the molecule is Cc1cc(C)c(S(=O)(=O)N2CCN(c3ncnc4c3cnn4-c3ccc(F)cc3)CC2)c(C)c1. The van der Waals surface area contributed by atoms with Gasteiger partial charge in [-0.1, -0.05) is 17.7 Å². The van der Waals surface area contributed by atoms with Gasteiger partial charge < -0.3 is 4.90 Å². The summed E-state index contributed by atoms with van der Waals surface area (Å²) in [6.45, 7) is 7.36. The van der Waals surface area contributed by atoms with E-state index in [1.54, 1.807) is 27.3 Å². The standard InChI is InChI=1S/C24H25FN6O2S/c1-16-12-17(2)22(18(3)13-16)34(32,33)30-10-8-29(9-11-30)23-21-14-28-31(24(21)27-15-26-23)20-6-4-19(25)5-7-20/h4-7,12-15H,8-11H2,1-3H3. The second-order valence-corrected chi connectivity index (χ2v) is 10.5. The van der Waals surface area contributed by atoms with Crippen LogP contribution >= 0.6 is 0 Å². The van der Waals surface area contributed by atoms with Gasteiger partial charge in [0, 0.05) is 26.2 Å². The lowest BCUT2D eigenvalue weighted by atomic mass is 10.1. The maximum atomic E-state index is 13.4. The lowest BCUT2D eigenvalue weighted by Crippen LogP contribution is -2.49. The van der Waals surface area contributed by atoms with Gasteiger partial charge in [-0.25, -0.2) is 27.5 Å². The molecule has 1 saturated heterocycles. The lowest BCUT2D eigenvalue weighted by Gasteiger charge is -2.35. The summed E-state index contributed by atoms with van der Waals surface area (Å²) in [7, 11) is -3.60. The van der Waals surface area contributed by atoms with Gasteiger partial charge in [-0.2, -0.15) is 9.40 Å². The number of hydrogen-bond acceptors (Lipinski definition) is 6. The summed E-state index contributed by atoms with van der Waals surface area (Å²) in [6, 6.07) is 9.85. The molecule has 2 aromatic carbocycles. The maximum Gasteiger partial charge on any atom is 0.243 e. The van der Waals surface area contributed by atoms with E-state index in [1.807, 2.05) is 32.9 Å². The molecule has 0 aliphatic carbocycles. The van der Waals surface area contributed by atoms with Crippen LogP contribution in [0.3, 0.4) is 0 Å². The van der Waals surface area contributed by atoms with Crippen molar-refractivity contribution in [2.45, 2.75) is 25.7 Å². The van der Waals surface area contributed by atoms with Gasteiger partial charge in [-0.05, 0) is 56.2 Å². The lowest BCUT2D eigenvalue weighted by molar-refractivity contribution is 0.383. The van der Waals surface area contributed by atoms with Crippen LogP contribution in [0.15, 0.2) is 53.8 Å². The highest BCUT2D eigenvalue weighted by molar-refractivity contribution is 7.89. The Morgan fingerprint density at radius 2 is 1.56 bits per heavy atom. The van der Waals surface area contributed by atoms with Crippen LogP contribution in [0.4, 0.5) is 10.2 Å². The van der Waals surface area contributed by atoms with E-state index in [0.717, 1.165) is 22.1 Å². The zero-order chi connectivity index (χ0) is 24.0. The molecule has 0 bridgehead atoms. The molecule has 3 heterocycles. The summed E-state index contributed by atoms with van der Waals surface area (Å²) in [6.07, 6.45) is 3.16. The number of rotatable bonds is 4. The first-order valence-electron chi connectivity index (χ1n) is 11.0. The van der Waals surface area contributed by atoms with Crippen molar-refractivity contribution in [1.82, 2.24) is 24.1 Å². The Labute approximate surface area is 197 Å². The molecule has 0 saturated carbocycles. The van der Waals surface area contributed by atoms with Crippen LogP contribution in [0.2, 0.25) is 0 Å². The molecule has 0 radical (unpaired) electrons. The molecule has 0 spiro atoms. The Morgan fingerprint density at radius 1 is 0.912 bits per heavy atom. The normalized spacial score (nSPS) is 15.2. The molecular formula is C24H25FN6O2S. The van der Waals surface area contributed by atoms with Gasteiger partial charge >= 0.3 is 0 Å². The number of benzene rings is 2. The summed E-state index contributed by atoms with van der Waals surface area (Å²) >= 11 is 0. The molecule has 2 aromatic heterocycles. The fourth-order valence-electron chi connectivity index (χ4n) is 4.70. The fourth-order valence-corrected chi connectivity index (χ4v) is 6.53. The van der Waals surface area contributed by atoms with Gasteiger partial charge in [-0.3, -0.25) is 0 Å². The Kier molecular flexibility index (Phi) is 5.57. The molecule has 5 rings (SSSR count). The van der Waals surface area contributed by atoms with Gasteiger partial charge in [0.05, 0.1) is 22.2 Å². The zero-order valence-electron chi connectivity index (χ0n) is 19.2. The van der Waals surface area contributed by atoms with Crippen molar-refractivity contribution < 1.29 is 12.8 Å². The van der Waals surface area contributed by atoms with Crippen LogP contribution in [-0.2, 0) is 10.0 Å². The zero-order valence-corrected chi connectivity index (χ0v) is 20.0. The molecule has 4 aromatic rings. The first kappa shape index (κ1) is 22.4. The molecule has 8 nitrogen and oxygen atoms in total. The van der Waals surface area contributed by atoms with Crippen LogP contribution in [0.25, 0.3) is 16.7 Å². The predicted octanol–water partition coefficient (Wildman–Crippen LogP) is 3.39. The molecule has 1 aliphatic heterocycles. The number of nitrogens with zero attached hydrogens (tertiary/aromatic N) is 6. The summed E-state index contributed by atoms with van der Waals surface area (Å²) in [5.74, 6) is 0.387. The third-order valence-electron chi connectivity index (χ3n) is 6.16. The van der Waals surface area contributed by atoms with Gasteiger partial charge in [0.2, 0.25) is 10.0 Å². The quantitative estimate of drug-likeness (QED) is 0.445. The maximum absolute atomic E-state index is 13.4. The first-order chi connectivity index (χ1) is 16.3. The first-order valence-corrected chi connectivity index (χ1v) is 12.5. The summed E-state index contributed by atoms with van der Waals surface area (Å²) < 4.78 is 43.4. The van der Waals surface area contributed by atoms with E-state index in [0.29, 0.717) is 48.2 Å². The number of piperazine rings is 1. The largest absolute Gasteiger partial charge is 0.353 e. The Hall–Kier alpha value is -3.37. The average molecular weight is 481 g/mol. The average Bonchev–Trinajstić information content (AvgIpc) is 3.23. The Morgan fingerprint density at radius 3 is 2.21 bits per heavy atom. The highest BCUT2D eigenvalue weighted by atomic mass is 32.2. The van der Waals surface area contributed by atoms with E-state index < -0.39 is 10.0 Å². The molecule has 0 atom stereocenters. The van der Waals surface area contributed by atoms with Crippen LogP contribution in [-0.4, -0.2) is 58.7 Å². The molecule has 1 aliphatic rings. The number of aryl methyl sites for hydroxylation is 3. The van der Waals surface area contributed by atoms with Crippen LogP contribution < -0.4 is 4.90 Å². The third-order valence-corrected chi connectivity index (χ3v) is 8.36. The number of fused-ring (bicyclic) bond motifs is 1. The van der Waals surface area contributed by atoms with Crippen molar-refractivity contribution in [2.24, 2.45) is 0 Å². The monoisotopic (exact) mass is 480 g/mol. The predicted molar refractivity (Wildman–Crippen MR) is 128 cm³/mol. The number of anilines is 1. The van der Waals surface area contributed by atoms with Crippen LogP contribution in [0.5, 0.6) is 0 Å². The molecule has 176 valence electrons. The summed E-state index contributed by atoms with van der Waals surface area (Å²) in [5, 5.41) is 5.19. The van der Waals surface area contributed by atoms with Crippen molar-refractivity contribution >= 4 is 26.9 Å². The molecular weight excluding hydrogens is 455 g/mol.